The number of hydrogen-bond donors (Lipinski definition) is 1. The van der Waals surface area contributed by atoms with Crippen LogP contribution in [0.5, 0.6) is 0 Å². The van der Waals surface area contributed by atoms with E-state index in [-0.39, 0.29) is 24.4 Å². The number of allylic oxidation sites excluding steroid dienone is 1. The molecule has 4 heterocycles. The number of cyclic esters (lactones) is 1. The number of rotatable bonds is 8. The van der Waals surface area contributed by atoms with E-state index in [0.29, 0.717) is 39.1 Å². The Balaban J connectivity index is 1.76. The van der Waals surface area contributed by atoms with Crippen LogP contribution in [0.4, 0.5) is 0 Å². The number of hydrogen-bond acceptors (Lipinski definition) is 6. The van der Waals surface area contributed by atoms with E-state index in [1.807, 2.05) is 17.9 Å². The van der Waals surface area contributed by atoms with Crippen molar-refractivity contribution >= 4 is 29.5 Å². The summed E-state index contributed by atoms with van der Waals surface area (Å²) in [4.78, 5) is 45.3. The van der Waals surface area contributed by atoms with Crippen LogP contribution in [-0.2, 0) is 19.1 Å². The van der Waals surface area contributed by atoms with Gasteiger partial charge in [-0.25, -0.2) is 0 Å². The minimum atomic E-state index is -0.803. The minimum Gasteiger partial charge on any atom is -0.465 e. The predicted molar refractivity (Wildman–Crippen MR) is 137 cm³/mol. The largest absolute Gasteiger partial charge is 0.465 e. The second-order valence-corrected chi connectivity index (χ2v) is 12.2. The van der Waals surface area contributed by atoms with Crippen molar-refractivity contribution < 1.29 is 24.2 Å². The van der Waals surface area contributed by atoms with Crippen molar-refractivity contribution in [2.24, 2.45) is 11.8 Å². The number of nitrogens with zero attached hydrogens (tertiary/aromatic N) is 2. The molecule has 0 aromatic rings. The molecule has 194 valence electrons. The van der Waals surface area contributed by atoms with Crippen molar-refractivity contribution in [3.05, 3.63) is 24.3 Å². The number of likely N-dealkylation sites (tertiary alicyclic amines) is 1. The third-order valence-corrected chi connectivity index (χ3v) is 9.72. The molecule has 4 rings (SSSR count). The highest BCUT2D eigenvalue weighted by Gasteiger charge is 2.73. The molecule has 35 heavy (non-hydrogen) atoms. The van der Waals surface area contributed by atoms with Crippen molar-refractivity contribution in [2.75, 3.05) is 32.8 Å². The van der Waals surface area contributed by atoms with Gasteiger partial charge in [0.05, 0.1) is 23.2 Å². The van der Waals surface area contributed by atoms with Gasteiger partial charge in [-0.3, -0.25) is 14.4 Å². The molecule has 2 amide bonds. The van der Waals surface area contributed by atoms with Gasteiger partial charge in [0.15, 0.2) is 0 Å². The highest BCUT2D eigenvalue weighted by Crippen LogP contribution is 2.65. The van der Waals surface area contributed by atoms with E-state index in [1.165, 1.54) is 0 Å². The van der Waals surface area contributed by atoms with Gasteiger partial charge >= 0.3 is 5.97 Å². The van der Waals surface area contributed by atoms with Gasteiger partial charge in [0.25, 0.3) is 0 Å². The highest BCUT2D eigenvalue weighted by atomic mass is 32.2. The summed E-state index contributed by atoms with van der Waals surface area (Å²) in [7, 11) is 0. The number of thioether (sulfide) groups is 1. The molecule has 0 aromatic carbocycles. The lowest BCUT2D eigenvalue weighted by molar-refractivity contribution is -0.154. The molecule has 7 nitrogen and oxygen atoms in total. The van der Waals surface area contributed by atoms with Gasteiger partial charge in [-0.05, 0) is 51.9 Å². The molecule has 0 bridgehead atoms. The normalized spacial score (nSPS) is 35.9. The Hall–Kier alpha value is -1.80. The average Bonchev–Trinajstić information content (AvgIpc) is 3.16. The van der Waals surface area contributed by atoms with Gasteiger partial charge in [-0.2, -0.15) is 0 Å². The van der Waals surface area contributed by atoms with Crippen LogP contribution in [0.3, 0.4) is 0 Å². The van der Waals surface area contributed by atoms with Gasteiger partial charge in [0, 0.05) is 31.0 Å². The van der Waals surface area contributed by atoms with Gasteiger partial charge < -0.3 is 19.6 Å². The van der Waals surface area contributed by atoms with Crippen LogP contribution in [0.2, 0.25) is 0 Å². The van der Waals surface area contributed by atoms with Crippen molar-refractivity contribution in [1.82, 2.24) is 9.80 Å². The molecule has 5 atom stereocenters. The summed E-state index contributed by atoms with van der Waals surface area (Å²) in [5.74, 6) is -1.73. The molecule has 4 aliphatic rings. The first-order valence-electron chi connectivity index (χ1n) is 13.3. The van der Waals surface area contributed by atoms with Crippen LogP contribution in [0.25, 0.3) is 0 Å². The number of unbranched alkanes of at least 4 members (excludes halogenated alkanes) is 3. The third kappa shape index (κ3) is 4.80. The molecule has 2 fully saturated rings. The topological polar surface area (TPSA) is 87.2 Å². The van der Waals surface area contributed by atoms with E-state index in [2.05, 4.69) is 25.2 Å². The van der Waals surface area contributed by atoms with Gasteiger partial charge in [-0.1, -0.05) is 37.6 Å². The number of aliphatic hydroxyl groups is 1. The molecule has 0 aromatic heterocycles. The maximum Gasteiger partial charge on any atom is 0.311 e. The first-order valence-corrected chi connectivity index (χ1v) is 14.1. The lowest BCUT2D eigenvalue weighted by Gasteiger charge is -2.37. The Morgan fingerprint density at radius 2 is 1.86 bits per heavy atom. The zero-order valence-corrected chi connectivity index (χ0v) is 21.9. The van der Waals surface area contributed by atoms with Crippen molar-refractivity contribution in [2.45, 2.75) is 80.7 Å². The number of esters is 1. The molecule has 1 unspecified atom stereocenters. The summed E-state index contributed by atoms with van der Waals surface area (Å²) >= 11 is 1.61. The molecule has 4 aliphatic heterocycles. The Bertz CT molecular complexity index is 876. The number of aliphatic hydroxyl groups excluding tert-OH is 1. The number of ether oxygens (including phenoxy) is 1. The first-order chi connectivity index (χ1) is 16.9. The van der Waals surface area contributed by atoms with E-state index in [9.17, 15) is 19.5 Å². The Morgan fingerprint density at radius 3 is 2.63 bits per heavy atom. The second-order valence-electron chi connectivity index (χ2n) is 10.4. The summed E-state index contributed by atoms with van der Waals surface area (Å²) in [6.45, 7) is 6.27. The van der Waals surface area contributed by atoms with Gasteiger partial charge in [-0.15, -0.1) is 11.8 Å². The third-order valence-electron chi connectivity index (χ3n) is 7.92. The maximum atomic E-state index is 14.1. The first kappa shape index (κ1) is 26.3. The molecular formula is C27H40N2O5S. The van der Waals surface area contributed by atoms with Crippen LogP contribution in [-0.4, -0.2) is 81.1 Å². The Labute approximate surface area is 213 Å². The number of amides is 2. The summed E-state index contributed by atoms with van der Waals surface area (Å²) < 4.78 is 4.28. The molecule has 0 aliphatic carbocycles. The average molecular weight is 505 g/mol. The second kappa shape index (κ2) is 11.1. The number of carbonyl (C=O) groups excluding carboxylic acids is 3. The van der Waals surface area contributed by atoms with Crippen LogP contribution in [0.1, 0.15) is 65.2 Å². The summed E-state index contributed by atoms with van der Waals surface area (Å²) in [5, 5.41) is 9.19. The van der Waals surface area contributed by atoms with Crippen molar-refractivity contribution in [3.63, 3.8) is 0 Å². The van der Waals surface area contributed by atoms with Crippen LogP contribution >= 0.6 is 11.8 Å². The maximum absolute atomic E-state index is 14.1. The molecule has 0 radical (unpaired) electrons. The highest BCUT2D eigenvalue weighted by molar-refractivity contribution is 8.02. The van der Waals surface area contributed by atoms with Crippen LogP contribution in [0.15, 0.2) is 24.3 Å². The fourth-order valence-electron chi connectivity index (χ4n) is 6.20. The van der Waals surface area contributed by atoms with E-state index in [0.717, 1.165) is 38.5 Å². The van der Waals surface area contributed by atoms with Crippen molar-refractivity contribution in [3.8, 4) is 0 Å². The van der Waals surface area contributed by atoms with E-state index >= 15 is 0 Å². The molecule has 1 N–H and O–H groups in total. The standard InChI is InChI=1S/C27H40N2O5S/c1-3-4-15-28-16-12-14-27-20(23(31)29(22(27)24(28)32)17-9-7-10-18-30)21-25(33)34-19-11-6-5-8-13-26(21,2)35-27/h8,12-14,20-22,30H,3-7,9-11,15-19H2,1-2H3/b13-8-/t20-,21-,22?,26+,27-/m0/s1. The molecule has 2 saturated heterocycles. The van der Waals surface area contributed by atoms with E-state index in [4.69, 9.17) is 4.74 Å². The van der Waals surface area contributed by atoms with E-state index < -0.39 is 27.4 Å². The lowest BCUT2D eigenvalue weighted by atomic mass is 9.74. The predicted octanol–water partition coefficient (Wildman–Crippen LogP) is 3.32. The zero-order valence-electron chi connectivity index (χ0n) is 21.1. The number of fused-ring (bicyclic) bond motifs is 2. The van der Waals surface area contributed by atoms with E-state index in [1.54, 1.807) is 16.7 Å². The molecule has 8 heteroatoms. The fourth-order valence-corrected chi connectivity index (χ4v) is 8.36. The quantitative estimate of drug-likeness (QED) is 0.310. The molecule has 0 saturated carbocycles. The van der Waals surface area contributed by atoms with Crippen LogP contribution < -0.4 is 0 Å². The molecule has 1 spiro atoms. The summed E-state index contributed by atoms with van der Waals surface area (Å²) in [5.41, 5.74) is 0. The number of carbonyl (C=O) groups is 3. The summed E-state index contributed by atoms with van der Waals surface area (Å²) in [6, 6.07) is -0.634. The molecular weight excluding hydrogens is 464 g/mol. The van der Waals surface area contributed by atoms with Gasteiger partial charge in [0.2, 0.25) is 11.8 Å². The lowest BCUT2D eigenvalue weighted by Crippen LogP contribution is -2.53. The van der Waals surface area contributed by atoms with Crippen molar-refractivity contribution in [1.29, 1.82) is 0 Å². The minimum absolute atomic E-state index is 0.0152. The zero-order chi connectivity index (χ0) is 25.1. The SMILES string of the molecule is CCCCN1CC=C[C@]23S[C@]4(C)/C=C\CCCCOC(=O)[C@@H]4[C@H]2C(=O)N(CCCCCO)C3C1=O. The Morgan fingerprint density at radius 1 is 1.03 bits per heavy atom. The van der Waals surface area contributed by atoms with Crippen LogP contribution in [0, 0.1) is 11.8 Å². The fraction of sp³-hybridized carbons (Fsp3) is 0.741. The monoisotopic (exact) mass is 504 g/mol. The van der Waals surface area contributed by atoms with Gasteiger partial charge in [0.1, 0.15) is 6.04 Å². The Kier molecular flexibility index (Phi) is 8.31. The summed E-state index contributed by atoms with van der Waals surface area (Å²) in [6.07, 6.45) is 15.1. The smallest absolute Gasteiger partial charge is 0.311 e.